The lowest BCUT2D eigenvalue weighted by molar-refractivity contribution is 0.622. The lowest BCUT2D eigenvalue weighted by Gasteiger charge is -2.21. The topological polar surface area (TPSA) is 84.7 Å². The van der Waals surface area contributed by atoms with Crippen LogP contribution in [0.5, 0.6) is 0 Å². The predicted octanol–water partition coefficient (Wildman–Crippen LogP) is 1.74. The Morgan fingerprint density at radius 3 is 2.79 bits per heavy atom. The lowest BCUT2D eigenvalue weighted by atomic mass is 10.1. The summed E-state index contributed by atoms with van der Waals surface area (Å²) in [5.74, 6) is 0. The number of aromatic amines is 1. The van der Waals surface area contributed by atoms with Crippen molar-refractivity contribution in [2.45, 2.75) is 29.8 Å². The maximum Gasteiger partial charge on any atom is 0.251 e. The van der Waals surface area contributed by atoms with E-state index in [1.54, 1.807) is 6.20 Å². The zero-order valence-corrected chi connectivity index (χ0v) is 11.4. The van der Waals surface area contributed by atoms with E-state index in [2.05, 4.69) is 15.0 Å². The number of rotatable bonds is 5. The molecule has 0 spiro atoms. The van der Waals surface area contributed by atoms with Gasteiger partial charge < -0.3 is 10.7 Å². The van der Waals surface area contributed by atoms with E-state index in [9.17, 15) is 4.79 Å². The number of H-pyrrole nitrogens is 1. The average molecular weight is 276 g/mol. The van der Waals surface area contributed by atoms with Crippen molar-refractivity contribution in [3.8, 4) is 0 Å². The van der Waals surface area contributed by atoms with Crippen LogP contribution in [0.25, 0.3) is 0 Å². The molecule has 0 saturated heterocycles. The Balaban J connectivity index is 2.27. The smallest absolute Gasteiger partial charge is 0.251 e. The number of thioether (sulfide) groups is 1. The van der Waals surface area contributed by atoms with Crippen molar-refractivity contribution in [1.29, 1.82) is 0 Å². The molecule has 2 aromatic heterocycles. The second-order valence-electron chi connectivity index (χ2n) is 4.10. The second kappa shape index (κ2) is 6.49. The minimum atomic E-state index is -0.164. The molecule has 0 aliphatic rings. The third-order valence-corrected chi connectivity index (χ3v) is 4.00. The van der Waals surface area contributed by atoms with E-state index in [1.807, 2.05) is 25.1 Å². The van der Waals surface area contributed by atoms with Crippen molar-refractivity contribution in [2.24, 2.45) is 5.73 Å². The first kappa shape index (κ1) is 13.8. The molecule has 0 fully saturated rings. The summed E-state index contributed by atoms with van der Waals surface area (Å²) in [4.78, 5) is 22.5. The summed E-state index contributed by atoms with van der Waals surface area (Å²) in [6.45, 7) is 2.03. The normalized spacial score (nSPS) is 14.0. The largest absolute Gasteiger partial charge is 0.326 e. The number of aromatic nitrogens is 3. The molecule has 6 heteroatoms. The van der Waals surface area contributed by atoms with Gasteiger partial charge in [-0.25, -0.2) is 4.98 Å². The molecule has 0 aromatic carbocycles. The van der Waals surface area contributed by atoms with Gasteiger partial charge in [-0.1, -0.05) is 24.8 Å². The molecule has 0 bridgehead atoms. The molecule has 0 aliphatic carbocycles. The van der Waals surface area contributed by atoms with E-state index in [0.29, 0.717) is 5.16 Å². The molecule has 2 rings (SSSR count). The molecule has 19 heavy (non-hydrogen) atoms. The van der Waals surface area contributed by atoms with Crippen LogP contribution in [0.2, 0.25) is 0 Å². The van der Waals surface area contributed by atoms with Crippen molar-refractivity contribution in [1.82, 2.24) is 15.0 Å². The second-order valence-corrected chi connectivity index (χ2v) is 5.23. The molecule has 0 amide bonds. The molecule has 2 aromatic rings. The van der Waals surface area contributed by atoms with Gasteiger partial charge in [0.1, 0.15) is 0 Å². The number of nitrogens with one attached hydrogen (secondary N) is 1. The number of nitrogens with two attached hydrogens (primary N) is 1. The highest BCUT2D eigenvalue weighted by atomic mass is 32.2. The van der Waals surface area contributed by atoms with Gasteiger partial charge >= 0.3 is 0 Å². The lowest BCUT2D eigenvalue weighted by Crippen LogP contribution is -2.26. The highest BCUT2D eigenvalue weighted by molar-refractivity contribution is 7.99. The van der Waals surface area contributed by atoms with Crippen LogP contribution in [-0.4, -0.2) is 21.0 Å². The molecular weight excluding hydrogens is 260 g/mol. The third kappa shape index (κ3) is 3.65. The quantitative estimate of drug-likeness (QED) is 0.642. The van der Waals surface area contributed by atoms with Crippen LogP contribution < -0.4 is 11.3 Å². The van der Waals surface area contributed by atoms with Gasteiger partial charge in [-0.15, -0.1) is 0 Å². The van der Waals surface area contributed by atoms with Gasteiger partial charge in [0.25, 0.3) is 5.56 Å². The van der Waals surface area contributed by atoms with E-state index in [1.165, 1.54) is 24.0 Å². The van der Waals surface area contributed by atoms with Gasteiger partial charge in [0.2, 0.25) is 0 Å². The average Bonchev–Trinajstić information content (AvgIpc) is 2.45. The third-order valence-electron chi connectivity index (χ3n) is 2.73. The Hall–Kier alpha value is -1.66. The Morgan fingerprint density at radius 2 is 2.16 bits per heavy atom. The van der Waals surface area contributed by atoms with Crippen LogP contribution in [-0.2, 0) is 0 Å². The van der Waals surface area contributed by atoms with Crippen molar-refractivity contribution in [2.75, 3.05) is 0 Å². The summed E-state index contributed by atoms with van der Waals surface area (Å²) in [6.07, 6.45) is 4.06. The molecule has 0 radical (unpaired) electrons. The number of hydrogen-bond acceptors (Lipinski definition) is 5. The molecule has 100 valence electrons. The number of hydrogen-bond donors (Lipinski definition) is 2. The van der Waals surface area contributed by atoms with E-state index in [-0.39, 0.29) is 16.9 Å². The standard InChI is InChI=1S/C13H16N4OS/c1-2-9(14)12(10-5-3-4-7-15-10)19-13-16-8-6-11(18)17-13/h3-9,12H,2,14H2,1H3,(H,16,17,18). The maximum absolute atomic E-state index is 11.3. The van der Waals surface area contributed by atoms with Crippen molar-refractivity contribution < 1.29 is 0 Å². The fourth-order valence-corrected chi connectivity index (χ4v) is 2.81. The summed E-state index contributed by atoms with van der Waals surface area (Å²) in [5.41, 5.74) is 6.89. The summed E-state index contributed by atoms with van der Waals surface area (Å²) in [6, 6.07) is 7.07. The van der Waals surface area contributed by atoms with Crippen molar-refractivity contribution >= 4 is 11.8 Å². The Labute approximate surface area is 115 Å². The molecule has 3 N–H and O–H groups in total. The number of pyridine rings is 1. The summed E-state index contributed by atoms with van der Waals surface area (Å²) in [7, 11) is 0. The minimum Gasteiger partial charge on any atom is -0.326 e. The monoisotopic (exact) mass is 276 g/mol. The predicted molar refractivity (Wildman–Crippen MR) is 76.0 cm³/mol. The first-order valence-electron chi connectivity index (χ1n) is 6.09. The summed E-state index contributed by atoms with van der Waals surface area (Å²) >= 11 is 1.43. The van der Waals surface area contributed by atoms with Crippen molar-refractivity contribution in [3.05, 3.63) is 52.7 Å². The highest BCUT2D eigenvalue weighted by Crippen LogP contribution is 2.34. The van der Waals surface area contributed by atoms with Crippen LogP contribution in [0.1, 0.15) is 24.3 Å². The van der Waals surface area contributed by atoms with Gasteiger partial charge in [0.15, 0.2) is 5.16 Å². The fraction of sp³-hybridized carbons (Fsp3) is 0.308. The zero-order valence-electron chi connectivity index (χ0n) is 10.6. The maximum atomic E-state index is 11.3. The summed E-state index contributed by atoms with van der Waals surface area (Å²) in [5, 5.41) is 0.531. The van der Waals surface area contributed by atoms with Crippen LogP contribution in [0, 0.1) is 0 Å². The zero-order chi connectivity index (χ0) is 13.7. The molecule has 2 atom stereocenters. The SMILES string of the molecule is CCC(N)C(Sc1nccc(=O)[nH]1)c1ccccn1. The van der Waals surface area contributed by atoms with E-state index in [4.69, 9.17) is 5.73 Å². The van der Waals surface area contributed by atoms with Gasteiger partial charge in [-0.3, -0.25) is 9.78 Å². The molecule has 0 aliphatic heterocycles. The van der Waals surface area contributed by atoms with Crippen LogP contribution in [0.15, 0.2) is 46.6 Å². The Bertz CT molecular complexity index is 572. The summed E-state index contributed by atoms with van der Waals surface area (Å²) < 4.78 is 0. The molecule has 2 heterocycles. The van der Waals surface area contributed by atoms with Gasteiger partial charge in [0, 0.05) is 24.5 Å². The number of nitrogens with zero attached hydrogens (tertiary/aromatic N) is 2. The molecule has 5 nitrogen and oxygen atoms in total. The minimum absolute atomic E-state index is 0.0308. The van der Waals surface area contributed by atoms with E-state index in [0.717, 1.165) is 12.1 Å². The van der Waals surface area contributed by atoms with E-state index >= 15 is 0 Å². The molecular formula is C13H16N4OS. The first-order valence-corrected chi connectivity index (χ1v) is 6.97. The first-order chi connectivity index (χ1) is 9.20. The van der Waals surface area contributed by atoms with Crippen LogP contribution in [0.4, 0.5) is 0 Å². The van der Waals surface area contributed by atoms with Gasteiger partial charge in [-0.2, -0.15) is 0 Å². The Kier molecular flexibility index (Phi) is 4.70. The van der Waals surface area contributed by atoms with Crippen LogP contribution >= 0.6 is 11.8 Å². The fourth-order valence-electron chi connectivity index (χ4n) is 1.66. The molecule has 0 saturated carbocycles. The highest BCUT2D eigenvalue weighted by Gasteiger charge is 2.22. The Morgan fingerprint density at radius 1 is 1.32 bits per heavy atom. The van der Waals surface area contributed by atoms with Crippen molar-refractivity contribution in [3.63, 3.8) is 0 Å². The van der Waals surface area contributed by atoms with E-state index < -0.39 is 0 Å². The molecule has 2 unspecified atom stereocenters. The van der Waals surface area contributed by atoms with Gasteiger partial charge in [-0.05, 0) is 18.6 Å². The van der Waals surface area contributed by atoms with Gasteiger partial charge in [0.05, 0.1) is 10.9 Å². The van der Waals surface area contributed by atoms with Crippen LogP contribution in [0.3, 0.4) is 0 Å².